The Morgan fingerprint density at radius 1 is 1.50 bits per heavy atom. The summed E-state index contributed by atoms with van der Waals surface area (Å²) >= 11 is 2.88. The van der Waals surface area contributed by atoms with Gasteiger partial charge in [-0.2, -0.15) is 0 Å². The molecule has 0 spiro atoms. The van der Waals surface area contributed by atoms with E-state index in [-0.39, 0.29) is 11.8 Å². The summed E-state index contributed by atoms with van der Waals surface area (Å²) in [5.74, 6) is -1.63. The third-order valence-corrected chi connectivity index (χ3v) is 1.82. The van der Waals surface area contributed by atoms with Gasteiger partial charge < -0.3 is 10.4 Å². The summed E-state index contributed by atoms with van der Waals surface area (Å²) in [4.78, 5) is 21.6. The molecule has 12 heavy (non-hydrogen) atoms. The molecule has 0 aliphatic rings. The van der Waals surface area contributed by atoms with Gasteiger partial charge in [0.25, 0.3) is 0 Å². The van der Waals surface area contributed by atoms with E-state index < -0.39 is 10.4 Å². The van der Waals surface area contributed by atoms with Crippen molar-refractivity contribution >= 4 is 27.8 Å². The van der Waals surface area contributed by atoms with Gasteiger partial charge in [0.1, 0.15) is 0 Å². The van der Waals surface area contributed by atoms with Crippen LogP contribution in [0.25, 0.3) is 0 Å². The third-order valence-electron chi connectivity index (χ3n) is 1.28. The van der Waals surface area contributed by atoms with Crippen molar-refractivity contribution in [3.8, 4) is 0 Å². The number of hydrogen-bond acceptors (Lipinski definition) is 2. The molecule has 0 saturated carbocycles. The summed E-state index contributed by atoms with van der Waals surface area (Å²) in [6, 6.07) is 0. The van der Waals surface area contributed by atoms with Gasteiger partial charge in [-0.15, -0.1) is 0 Å². The molecule has 0 radical (unpaired) electrons. The van der Waals surface area contributed by atoms with E-state index in [4.69, 9.17) is 5.11 Å². The summed E-state index contributed by atoms with van der Waals surface area (Å²) in [6.07, 6.45) is 0. The highest BCUT2D eigenvalue weighted by molar-refractivity contribution is 9.10. The highest BCUT2D eigenvalue weighted by atomic mass is 79.9. The first-order valence-electron chi connectivity index (χ1n) is 3.51. The molecule has 70 valence electrons. The van der Waals surface area contributed by atoms with E-state index in [1.165, 1.54) is 6.92 Å². The standard InChI is InChI=1S/C7H12BrNO3/c1-4(2)5(10)9-7(3,8)6(11)12/h4H,1-3H3,(H,9,10)(H,11,12). The summed E-state index contributed by atoms with van der Waals surface area (Å²) in [5, 5.41) is 10.9. The molecular formula is C7H12BrNO3. The zero-order chi connectivity index (χ0) is 9.94. The molecule has 0 aliphatic carbocycles. The van der Waals surface area contributed by atoms with Crippen LogP contribution in [0.1, 0.15) is 20.8 Å². The Labute approximate surface area is 79.5 Å². The van der Waals surface area contributed by atoms with Crippen molar-refractivity contribution in [1.82, 2.24) is 5.32 Å². The molecule has 0 rings (SSSR count). The molecule has 2 N–H and O–H groups in total. The number of rotatable bonds is 3. The minimum absolute atomic E-state index is 0.221. The van der Waals surface area contributed by atoms with Crippen LogP contribution in [0.2, 0.25) is 0 Å². The Morgan fingerprint density at radius 3 is 2.17 bits per heavy atom. The second-order valence-electron chi connectivity index (χ2n) is 2.95. The maximum atomic E-state index is 11.1. The molecular weight excluding hydrogens is 226 g/mol. The molecule has 0 aromatic heterocycles. The van der Waals surface area contributed by atoms with Crippen molar-refractivity contribution in [2.45, 2.75) is 25.2 Å². The maximum absolute atomic E-state index is 11.1. The quantitative estimate of drug-likeness (QED) is 0.568. The predicted molar refractivity (Wildman–Crippen MR) is 47.9 cm³/mol. The first-order chi connectivity index (χ1) is 5.27. The Morgan fingerprint density at radius 2 is 1.92 bits per heavy atom. The second kappa shape index (κ2) is 3.89. The second-order valence-corrected chi connectivity index (χ2v) is 4.54. The van der Waals surface area contributed by atoms with Crippen LogP contribution in [0.15, 0.2) is 0 Å². The summed E-state index contributed by atoms with van der Waals surface area (Å²) in [7, 11) is 0. The maximum Gasteiger partial charge on any atom is 0.340 e. The fraction of sp³-hybridized carbons (Fsp3) is 0.714. The van der Waals surface area contributed by atoms with Crippen molar-refractivity contribution in [3.63, 3.8) is 0 Å². The van der Waals surface area contributed by atoms with Gasteiger partial charge in [0.15, 0.2) is 4.45 Å². The van der Waals surface area contributed by atoms with E-state index in [0.717, 1.165) is 0 Å². The summed E-state index contributed by atoms with van der Waals surface area (Å²) in [5.41, 5.74) is 0. The van der Waals surface area contributed by atoms with E-state index in [2.05, 4.69) is 21.2 Å². The molecule has 0 bridgehead atoms. The van der Waals surface area contributed by atoms with Gasteiger partial charge in [-0.1, -0.05) is 13.8 Å². The lowest BCUT2D eigenvalue weighted by atomic mass is 10.2. The van der Waals surface area contributed by atoms with Gasteiger partial charge in [0, 0.05) is 5.92 Å². The van der Waals surface area contributed by atoms with Gasteiger partial charge in [0.2, 0.25) is 5.91 Å². The molecule has 0 fully saturated rings. The lowest BCUT2D eigenvalue weighted by Crippen LogP contribution is -2.48. The molecule has 1 amide bonds. The summed E-state index contributed by atoms with van der Waals surface area (Å²) in [6.45, 7) is 4.76. The average Bonchev–Trinajstić information content (AvgIpc) is 1.85. The zero-order valence-corrected chi connectivity index (χ0v) is 8.81. The van der Waals surface area contributed by atoms with Crippen LogP contribution in [0.3, 0.4) is 0 Å². The topological polar surface area (TPSA) is 66.4 Å². The lowest BCUT2D eigenvalue weighted by Gasteiger charge is -2.20. The molecule has 0 aliphatic heterocycles. The van der Waals surface area contributed by atoms with E-state index in [1.54, 1.807) is 13.8 Å². The fourth-order valence-corrected chi connectivity index (χ4v) is 0.625. The lowest BCUT2D eigenvalue weighted by molar-refractivity contribution is -0.142. The van der Waals surface area contributed by atoms with E-state index >= 15 is 0 Å². The molecule has 0 heterocycles. The van der Waals surface area contributed by atoms with Crippen molar-refractivity contribution in [2.24, 2.45) is 5.92 Å². The van der Waals surface area contributed by atoms with Gasteiger partial charge in [-0.05, 0) is 22.9 Å². The van der Waals surface area contributed by atoms with E-state index in [0.29, 0.717) is 0 Å². The number of carbonyl (C=O) groups is 2. The summed E-state index contributed by atoms with van der Waals surface area (Å²) < 4.78 is -1.37. The van der Waals surface area contributed by atoms with Crippen LogP contribution >= 0.6 is 15.9 Å². The number of amides is 1. The third kappa shape index (κ3) is 3.21. The fourth-order valence-electron chi connectivity index (χ4n) is 0.429. The van der Waals surface area contributed by atoms with Crippen LogP contribution in [0.5, 0.6) is 0 Å². The number of hydrogen-bond donors (Lipinski definition) is 2. The molecule has 4 nitrogen and oxygen atoms in total. The largest absolute Gasteiger partial charge is 0.479 e. The van der Waals surface area contributed by atoms with Crippen LogP contribution in [-0.2, 0) is 9.59 Å². The van der Waals surface area contributed by atoms with E-state index in [1.807, 2.05) is 0 Å². The SMILES string of the molecule is CC(C)C(=O)NC(C)(Br)C(=O)O. The van der Waals surface area contributed by atoms with E-state index in [9.17, 15) is 9.59 Å². The average molecular weight is 238 g/mol. The Hall–Kier alpha value is -0.580. The van der Waals surface area contributed by atoms with Crippen molar-refractivity contribution in [1.29, 1.82) is 0 Å². The van der Waals surface area contributed by atoms with Crippen LogP contribution in [0, 0.1) is 5.92 Å². The molecule has 1 atom stereocenters. The van der Waals surface area contributed by atoms with Gasteiger partial charge in [0.05, 0.1) is 0 Å². The predicted octanol–water partition coefficient (Wildman–Crippen LogP) is 0.954. The molecule has 0 aromatic carbocycles. The zero-order valence-electron chi connectivity index (χ0n) is 7.22. The first-order valence-corrected chi connectivity index (χ1v) is 4.31. The minimum atomic E-state index is -1.37. The minimum Gasteiger partial charge on any atom is -0.479 e. The molecule has 1 unspecified atom stereocenters. The van der Waals surface area contributed by atoms with Crippen molar-refractivity contribution in [3.05, 3.63) is 0 Å². The Balaban J connectivity index is 4.25. The normalized spacial score (nSPS) is 15.4. The van der Waals surface area contributed by atoms with Crippen molar-refractivity contribution < 1.29 is 14.7 Å². The highest BCUT2D eigenvalue weighted by Crippen LogP contribution is 2.13. The highest BCUT2D eigenvalue weighted by Gasteiger charge is 2.31. The van der Waals surface area contributed by atoms with Gasteiger partial charge in [-0.3, -0.25) is 4.79 Å². The smallest absolute Gasteiger partial charge is 0.340 e. The first kappa shape index (κ1) is 11.4. The van der Waals surface area contributed by atoms with Crippen LogP contribution in [0.4, 0.5) is 0 Å². The Kier molecular flexibility index (Phi) is 3.70. The van der Waals surface area contributed by atoms with Crippen LogP contribution in [-0.4, -0.2) is 21.4 Å². The number of nitrogens with one attached hydrogen (secondary N) is 1. The number of aliphatic carboxylic acids is 1. The van der Waals surface area contributed by atoms with Gasteiger partial charge >= 0.3 is 5.97 Å². The van der Waals surface area contributed by atoms with Crippen LogP contribution < -0.4 is 5.32 Å². The molecule has 5 heteroatoms. The Bertz CT molecular complexity index is 201. The number of carboxylic acid groups (broad SMARTS) is 1. The molecule has 0 aromatic rings. The number of carbonyl (C=O) groups excluding carboxylic acids is 1. The number of carboxylic acids is 1. The van der Waals surface area contributed by atoms with Crippen molar-refractivity contribution in [2.75, 3.05) is 0 Å². The molecule has 0 saturated heterocycles. The number of halogens is 1. The monoisotopic (exact) mass is 237 g/mol. The number of alkyl halides is 1. The van der Waals surface area contributed by atoms with Gasteiger partial charge in [-0.25, -0.2) is 4.79 Å².